The van der Waals surface area contributed by atoms with Gasteiger partial charge in [0.05, 0.1) is 23.3 Å². The summed E-state index contributed by atoms with van der Waals surface area (Å²) in [5.74, 6) is -0.588. The maximum absolute atomic E-state index is 14.1. The van der Waals surface area contributed by atoms with Crippen molar-refractivity contribution in [2.45, 2.75) is 0 Å². The molecule has 148 valence electrons. The number of rotatable bonds is 4. The highest BCUT2D eigenvalue weighted by molar-refractivity contribution is 6.08. The highest BCUT2D eigenvalue weighted by atomic mass is 19.1. The van der Waals surface area contributed by atoms with E-state index in [1.807, 2.05) is 0 Å². The van der Waals surface area contributed by atoms with Crippen LogP contribution in [0.3, 0.4) is 0 Å². The molecule has 0 aliphatic heterocycles. The summed E-state index contributed by atoms with van der Waals surface area (Å²) in [6.07, 6.45) is 4.72. The van der Waals surface area contributed by atoms with E-state index in [2.05, 4.69) is 20.3 Å². The molecule has 0 bridgehead atoms. The van der Waals surface area contributed by atoms with Gasteiger partial charge in [-0.25, -0.2) is 14.4 Å². The third kappa shape index (κ3) is 3.79. The van der Waals surface area contributed by atoms with Crippen LogP contribution in [0.15, 0.2) is 73.2 Å². The number of amides is 1. The first kappa shape index (κ1) is 19.0. The molecule has 0 unspecified atom stereocenters. The van der Waals surface area contributed by atoms with E-state index in [4.69, 9.17) is 11.5 Å². The number of benzene rings is 1. The van der Waals surface area contributed by atoms with E-state index < -0.39 is 11.7 Å². The van der Waals surface area contributed by atoms with Gasteiger partial charge in [-0.3, -0.25) is 9.78 Å². The number of nitrogens with two attached hydrogens (primary N) is 2. The molecule has 0 saturated heterocycles. The number of aromatic nitrogens is 3. The molecular weight excluding hydrogens is 383 g/mol. The monoisotopic (exact) mass is 400 g/mol. The summed E-state index contributed by atoms with van der Waals surface area (Å²) in [5.41, 5.74) is 14.3. The van der Waals surface area contributed by atoms with E-state index in [0.717, 1.165) is 5.56 Å². The summed E-state index contributed by atoms with van der Waals surface area (Å²) >= 11 is 0. The molecule has 4 rings (SSSR count). The molecule has 8 heteroatoms. The van der Waals surface area contributed by atoms with Crippen LogP contribution in [0.25, 0.3) is 22.4 Å². The molecule has 0 atom stereocenters. The molecule has 5 N–H and O–H groups in total. The zero-order valence-corrected chi connectivity index (χ0v) is 15.7. The van der Waals surface area contributed by atoms with E-state index in [1.54, 1.807) is 54.9 Å². The number of nitrogen functional groups attached to an aromatic ring is 2. The van der Waals surface area contributed by atoms with Crippen molar-refractivity contribution in [3.8, 4) is 22.4 Å². The van der Waals surface area contributed by atoms with E-state index in [0.29, 0.717) is 22.8 Å². The molecule has 7 nitrogen and oxygen atoms in total. The number of carbonyl (C=O) groups excluding carboxylic acids is 1. The quantitative estimate of drug-likeness (QED) is 0.480. The standard InChI is InChI=1S/C22H17FN6O/c23-16-4-2-1-3-15(16)18-7-6-17(24)21(28-18)22(30)29-19-12-26-10-9-14(19)13-5-8-20(25)27-11-13/h1-12H,24H2,(H2,25,27)(H,29,30). The van der Waals surface area contributed by atoms with Gasteiger partial charge in [-0.2, -0.15) is 0 Å². The predicted molar refractivity (Wildman–Crippen MR) is 114 cm³/mol. The van der Waals surface area contributed by atoms with Crippen molar-refractivity contribution in [2.75, 3.05) is 16.8 Å². The van der Waals surface area contributed by atoms with Crippen molar-refractivity contribution >= 4 is 23.1 Å². The van der Waals surface area contributed by atoms with Gasteiger partial charge in [-0.15, -0.1) is 0 Å². The normalized spacial score (nSPS) is 10.6. The van der Waals surface area contributed by atoms with Gasteiger partial charge in [-0.05, 0) is 42.5 Å². The number of hydrogen-bond acceptors (Lipinski definition) is 6. The van der Waals surface area contributed by atoms with Gasteiger partial charge in [0.25, 0.3) is 5.91 Å². The number of nitrogens with zero attached hydrogens (tertiary/aromatic N) is 3. The van der Waals surface area contributed by atoms with Crippen LogP contribution in [-0.2, 0) is 0 Å². The van der Waals surface area contributed by atoms with Crippen molar-refractivity contribution in [1.29, 1.82) is 0 Å². The molecule has 3 aromatic heterocycles. The Morgan fingerprint density at radius 2 is 1.77 bits per heavy atom. The highest BCUT2D eigenvalue weighted by Gasteiger charge is 2.17. The maximum atomic E-state index is 14.1. The smallest absolute Gasteiger partial charge is 0.276 e. The lowest BCUT2D eigenvalue weighted by Crippen LogP contribution is -2.17. The molecule has 0 radical (unpaired) electrons. The molecule has 1 amide bonds. The van der Waals surface area contributed by atoms with Gasteiger partial charge in [0.1, 0.15) is 11.6 Å². The van der Waals surface area contributed by atoms with Crippen molar-refractivity contribution < 1.29 is 9.18 Å². The minimum atomic E-state index is -0.539. The Labute approximate surface area is 171 Å². The van der Waals surface area contributed by atoms with Crippen LogP contribution < -0.4 is 16.8 Å². The summed E-state index contributed by atoms with van der Waals surface area (Å²) in [6, 6.07) is 14.5. The van der Waals surface area contributed by atoms with Crippen molar-refractivity contribution in [3.05, 3.63) is 84.7 Å². The third-order valence-corrected chi connectivity index (χ3v) is 4.46. The van der Waals surface area contributed by atoms with Crippen molar-refractivity contribution in [1.82, 2.24) is 15.0 Å². The van der Waals surface area contributed by atoms with E-state index in [9.17, 15) is 9.18 Å². The van der Waals surface area contributed by atoms with E-state index in [1.165, 1.54) is 18.3 Å². The average Bonchev–Trinajstić information content (AvgIpc) is 2.76. The van der Waals surface area contributed by atoms with Crippen LogP contribution in [-0.4, -0.2) is 20.9 Å². The minimum Gasteiger partial charge on any atom is -0.397 e. The summed E-state index contributed by atoms with van der Waals surface area (Å²) in [6.45, 7) is 0. The van der Waals surface area contributed by atoms with Crippen LogP contribution in [0.1, 0.15) is 10.5 Å². The zero-order chi connectivity index (χ0) is 21.1. The van der Waals surface area contributed by atoms with Gasteiger partial charge < -0.3 is 16.8 Å². The Kier molecular flexibility index (Phi) is 5.04. The van der Waals surface area contributed by atoms with Crippen molar-refractivity contribution in [2.24, 2.45) is 0 Å². The van der Waals surface area contributed by atoms with Gasteiger partial charge in [0.15, 0.2) is 5.69 Å². The van der Waals surface area contributed by atoms with E-state index >= 15 is 0 Å². The average molecular weight is 400 g/mol. The molecule has 1 aromatic carbocycles. The molecule has 4 aromatic rings. The fourth-order valence-corrected chi connectivity index (χ4v) is 2.96. The molecule has 30 heavy (non-hydrogen) atoms. The lowest BCUT2D eigenvalue weighted by Gasteiger charge is -2.12. The molecule has 0 aliphatic carbocycles. The highest BCUT2D eigenvalue weighted by Crippen LogP contribution is 2.28. The Hall–Kier alpha value is -4.33. The predicted octanol–water partition coefficient (Wildman–Crippen LogP) is 3.76. The first-order valence-electron chi connectivity index (χ1n) is 9.01. The number of halogens is 1. The van der Waals surface area contributed by atoms with Crippen LogP contribution in [0.5, 0.6) is 0 Å². The fourth-order valence-electron chi connectivity index (χ4n) is 2.96. The lowest BCUT2D eigenvalue weighted by molar-refractivity contribution is 0.102. The van der Waals surface area contributed by atoms with Gasteiger partial charge >= 0.3 is 0 Å². The van der Waals surface area contributed by atoms with Crippen LogP contribution in [0.4, 0.5) is 21.6 Å². The number of nitrogens with one attached hydrogen (secondary N) is 1. The summed E-state index contributed by atoms with van der Waals surface area (Å²) in [4.78, 5) is 25.4. The summed E-state index contributed by atoms with van der Waals surface area (Å²) in [7, 11) is 0. The third-order valence-electron chi connectivity index (χ3n) is 4.46. The first-order chi connectivity index (χ1) is 14.5. The number of anilines is 3. The molecule has 0 spiro atoms. The largest absolute Gasteiger partial charge is 0.397 e. The Morgan fingerprint density at radius 1 is 0.933 bits per heavy atom. The molecule has 0 saturated carbocycles. The van der Waals surface area contributed by atoms with Gasteiger partial charge in [-0.1, -0.05) is 12.1 Å². The van der Waals surface area contributed by atoms with Crippen LogP contribution >= 0.6 is 0 Å². The summed E-state index contributed by atoms with van der Waals surface area (Å²) in [5, 5.41) is 2.78. The topological polar surface area (TPSA) is 120 Å². The van der Waals surface area contributed by atoms with Gasteiger partial charge in [0, 0.05) is 29.1 Å². The SMILES string of the molecule is Nc1ccc(-c2ccncc2NC(=O)c2nc(-c3ccccc3F)ccc2N)cn1. The number of carbonyl (C=O) groups is 1. The first-order valence-corrected chi connectivity index (χ1v) is 9.01. The molecule has 3 heterocycles. The Morgan fingerprint density at radius 3 is 2.53 bits per heavy atom. The second-order valence-electron chi connectivity index (χ2n) is 6.46. The number of pyridine rings is 3. The minimum absolute atomic E-state index is 0.0130. The lowest BCUT2D eigenvalue weighted by atomic mass is 10.1. The zero-order valence-electron chi connectivity index (χ0n) is 15.7. The van der Waals surface area contributed by atoms with Crippen LogP contribution in [0, 0.1) is 5.82 Å². The molecule has 0 aliphatic rings. The van der Waals surface area contributed by atoms with Crippen LogP contribution in [0.2, 0.25) is 0 Å². The fraction of sp³-hybridized carbons (Fsp3) is 0. The second-order valence-corrected chi connectivity index (χ2v) is 6.46. The second kappa shape index (κ2) is 7.96. The van der Waals surface area contributed by atoms with Crippen molar-refractivity contribution in [3.63, 3.8) is 0 Å². The molecule has 0 fully saturated rings. The Balaban J connectivity index is 1.68. The maximum Gasteiger partial charge on any atom is 0.276 e. The molecular formula is C22H17FN6O. The van der Waals surface area contributed by atoms with E-state index in [-0.39, 0.29) is 16.9 Å². The Bertz CT molecular complexity index is 1230. The number of hydrogen-bond donors (Lipinski definition) is 3. The summed E-state index contributed by atoms with van der Waals surface area (Å²) < 4.78 is 14.1. The van der Waals surface area contributed by atoms with Gasteiger partial charge in [0.2, 0.25) is 0 Å².